The van der Waals surface area contributed by atoms with Crippen molar-refractivity contribution in [1.82, 2.24) is 0 Å². The molecule has 0 spiro atoms. The predicted molar refractivity (Wildman–Crippen MR) is 103 cm³/mol. The molecule has 0 aromatic heterocycles. The molecular formula is C20H24N2O4. The van der Waals surface area contributed by atoms with Gasteiger partial charge in [0, 0.05) is 35.7 Å². The highest BCUT2D eigenvalue weighted by atomic mass is 16.5. The van der Waals surface area contributed by atoms with Crippen molar-refractivity contribution in [2.24, 2.45) is 9.98 Å². The van der Waals surface area contributed by atoms with E-state index in [0.29, 0.717) is 22.6 Å². The maximum Gasteiger partial charge on any atom is 0.139 e. The summed E-state index contributed by atoms with van der Waals surface area (Å²) < 4.78 is 10.1. The van der Waals surface area contributed by atoms with E-state index in [0.717, 1.165) is 12.8 Å². The fourth-order valence-corrected chi connectivity index (χ4v) is 2.30. The number of aliphatic imine (C=N–C) groups is 2. The Hall–Kier alpha value is -3.02. The lowest BCUT2D eigenvalue weighted by molar-refractivity contribution is 0.407. The summed E-state index contributed by atoms with van der Waals surface area (Å²) in [5.74, 6) is 1.36. The number of rotatable bonds is 8. The molecule has 0 aliphatic carbocycles. The summed E-state index contributed by atoms with van der Waals surface area (Å²) in [5.41, 5.74) is 1.18. The number of benzene rings is 2. The van der Waals surface area contributed by atoms with Crippen LogP contribution < -0.4 is 9.47 Å². The molecule has 0 aliphatic rings. The quantitative estimate of drug-likeness (QED) is 0.705. The van der Waals surface area contributed by atoms with Crippen LogP contribution in [0, 0.1) is 0 Å². The third-order valence-electron chi connectivity index (χ3n) is 3.79. The van der Waals surface area contributed by atoms with Crippen molar-refractivity contribution in [1.29, 1.82) is 0 Å². The Morgan fingerprint density at radius 2 is 1.35 bits per heavy atom. The molecule has 0 saturated carbocycles. The molecule has 0 heterocycles. The van der Waals surface area contributed by atoms with E-state index in [1.54, 1.807) is 50.9 Å². The highest BCUT2D eigenvalue weighted by molar-refractivity contribution is 5.85. The summed E-state index contributed by atoms with van der Waals surface area (Å²) in [7, 11) is 3.09. The van der Waals surface area contributed by atoms with Crippen molar-refractivity contribution in [2.75, 3.05) is 14.2 Å². The number of phenolic OH excluding ortho intramolecular Hbond substituents is 2. The van der Waals surface area contributed by atoms with E-state index in [4.69, 9.17) is 9.47 Å². The van der Waals surface area contributed by atoms with Crippen LogP contribution in [0.4, 0.5) is 0 Å². The zero-order valence-electron chi connectivity index (χ0n) is 15.2. The first-order valence-electron chi connectivity index (χ1n) is 8.37. The van der Waals surface area contributed by atoms with Gasteiger partial charge in [-0.2, -0.15) is 0 Å². The van der Waals surface area contributed by atoms with Crippen LogP contribution in [0.2, 0.25) is 0 Å². The minimum atomic E-state index is -0.303. The van der Waals surface area contributed by atoms with Gasteiger partial charge in [-0.15, -0.1) is 0 Å². The molecule has 138 valence electrons. The fourth-order valence-electron chi connectivity index (χ4n) is 2.30. The lowest BCUT2D eigenvalue weighted by atomic mass is 10.2. The molecule has 0 fully saturated rings. The summed E-state index contributed by atoms with van der Waals surface area (Å²) >= 11 is 0. The molecule has 2 aromatic rings. The van der Waals surface area contributed by atoms with Gasteiger partial charge in [0.15, 0.2) is 0 Å². The SMILES string of the molecule is CCCC(/N=C/c1ccc(OC)cc1O)/N=C/c1ccc(OC)cc1O. The van der Waals surface area contributed by atoms with Crippen LogP contribution in [0.1, 0.15) is 30.9 Å². The summed E-state index contributed by atoms with van der Waals surface area (Å²) in [6.07, 6.45) is 4.55. The standard InChI is InChI=1S/C20H24N2O4/c1-4-5-20(21-12-14-6-8-16(25-2)10-18(14)23)22-13-15-7-9-17(26-3)11-19(15)24/h6-13,20,23-24H,4-5H2,1-3H3/b21-12+,22-13+. The van der Waals surface area contributed by atoms with Crippen LogP contribution in [0.5, 0.6) is 23.0 Å². The zero-order valence-corrected chi connectivity index (χ0v) is 15.2. The van der Waals surface area contributed by atoms with Crippen molar-refractivity contribution in [3.63, 3.8) is 0 Å². The molecule has 6 nitrogen and oxygen atoms in total. The number of hydrogen-bond donors (Lipinski definition) is 2. The van der Waals surface area contributed by atoms with Crippen LogP contribution >= 0.6 is 0 Å². The lowest BCUT2D eigenvalue weighted by Crippen LogP contribution is -2.02. The van der Waals surface area contributed by atoms with E-state index in [-0.39, 0.29) is 17.7 Å². The average molecular weight is 356 g/mol. The molecule has 2 N–H and O–H groups in total. The topological polar surface area (TPSA) is 83.6 Å². The van der Waals surface area contributed by atoms with E-state index in [1.165, 1.54) is 12.1 Å². The molecular weight excluding hydrogens is 332 g/mol. The van der Waals surface area contributed by atoms with Gasteiger partial charge in [-0.3, -0.25) is 9.98 Å². The molecule has 0 bridgehead atoms. The smallest absolute Gasteiger partial charge is 0.139 e. The second-order valence-electron chi connectivity index (χ2n) is 5.68. The minimum absolute atomic E-state index is 0.0973. The lowest BCUT2D eigenvalue weighted by Gasteiger charge is -2.07. The molecule has 0 saturated heterocycles. The van der Waals surface area contributed by atoms with Gasteiger partial charge in [0.1, 0.15) is 29.2 Å². The van der Waals surface area contributed by atoms with Gasteiger partial charge in [0.05, 0.1) is 14.2 Å². The number of aromatic hydroxyl groups is 2. The molecule has 0 amide bonds. The number of methoxy groups -OCH3 is 2. The fraction of sp³-hybridized carbons (Fsp3) is 0.300. The third-order valence-corrected chi connectivity index (χ3v) is 3.79. The Bertz CT molecular complexity index is 724. The van der Waals surface area contributed by atoms with Crippen molar-refractivity contribution in [3.05, 3.63) is 47.5 Å². The van der Waals surface area contributed by atoms with E-state index < -0.39 is 0 Å². The zero-order chi connectivity index (χ0) is 18.9. The highest BCUT2D eigenvalue weighted by Gasteiger charge is 2.05. The third kappa shape index (κ3) is 5.24. The van der Waals surface area contributed by atoms with Crippen LogP contribution in [0.3, 0.4) is 0 Å². The molecule has 0 aliphatic heterocycles. The van der Waals surface area contributed by atoms with Crippen molar-refractivity contribution in [3.8, 4) is 23.0 Å². The van der Waals surface area contributed by atoms with Crippen LogP contribution in [-0.4, -0.2) is 43.0 Å². The monoisotopic (exact) mass is 356 g/mol. The predicted octanol–water partition coefficient (Wildman–Crippen LogP) is 3.78. The van der Waals surface area contributed by atoms with Gasteiger partial charge < -0.3 is 19.7 Å². The first kappa shape index (κ1) is 19.3. The maximum absolute atomic E-state index is 10.0. The van der Waals surface area contributed by atoms with Crippen LogP contribution in [0.15, 0.2) is 46.4 Å². The Balaban J connectivity index is 2.15. The molecule has 26 heavy (non-hydrogen) atoms. The van der Waals surface area contributed by atoms with E-state index in [1.807, 2.05) is 6.92 Å². The summed E-state index contributed by atoms with van der Waals surface area (Å²) in [6.45, 7) is 2.05. The maximum atomic E-state index is 10.0. The largest absolute Gasteiger partial charge is 0.507 e. The van der Waals surface area contributed by atoms with E-state index >= 15 is 0 Å². The van der Waals surface area contributed by atoms with E-state index in [9.17, 15) is 10.2 Å². The minimum Gasteiger partial charge on any atom is -0.507 e. The van der Waals surface area contributed by atoms with Gasteiger partial charge in [-0.1, -0.05) is 13.3 Å². The van der Waals surface area contributed by atoms with Gasteiger partial charge >= 0.3 is 0 Å². The van der Waals surface area contributed by atoms with Crippen molar-refractivity contribution >= 4 is 12.4 Å². The van der Waals surface area contributed by atoms with Gasteiger partial charge in [0.25, 0.3) is 0 Å². The number of phenols is 2. The molecule has 0 unspecified atom stereocenters. The molecule has 0 radical (unpaired) electrons. The Labute approximate surface area is 153 Å². The first-order valence-corrected chi connectivity index (χ1v) is 8.37. The highest BCUT2D eigenvalue weighted by Crippen LogP contribution is 2.23. The summed E-state index contributed by atoms with van der Waals surface area (Å²) in [5, 5.41) is 20.0. The Morgan fingerprint density at radius 3 is 1.69 bits per heavy atom. The normalized spacial score (nSPS) is 11.5. The average Bonchev–Trinajstić information content (AvgIpc) is 2.65. The van der Waals surface area contributed by atoms with Crippen molar-refractivity contribution < 1.29 is 19.7 Å². The second kappa shape index (κ2) is 9.46. The Morgan fingerprint density at radius 1 is 0.885 bits per heavy atom. The summed E-state index contributed by atoms with van der Waals surface area (Å²) in [4.78, 5) is 8.90. The molecule has 6 heteroatoms. The Kier molecular flexibility index (Phi) is 7.02. The van der Waals surface area contributed by atoms with Gasteiger partial charge in [0.2, 0.25) is 0 Å². The molecule has 2 aromatic carbocycles. The van der Waals surface area contributed by atoms with Crippen LogP contribution in [-0.2, 0) is 0 Å². The van der Waals surface area contributed by atoms with E-state index in [2.05, 4.69) is 9.98 Å². The summed E-state index contributed by atoms with van der Waals surface area (Å²) in [6, 6.07) is 10.1. The second-order valence-corrected chi connectivity index (χ2v) is 5.68. The number of nitrogens with zero attached hydrogens (tertiary/aromatic N) is 2. The van der Waals surface area contributed by atoms with Gasteiger partial charge in [-0.25, -0.2) is 0 Å². The van der Waals surface area contributed by atoms with Gasteiger partial charge in [-0.05, 0) is 30.7 Å². The van der Waals surface area contributed by atoms with Crippen molar-refractivity contribution in [2.45, 2.75) is 25.9 Å². The number of hydrogen-bond acceptors (Lipinski definition) is 6. The van der Waals surface area contributed by atoms with Crippen LogP contribution in [0.25, 0.3) is 0 Å². The first-order chi connectivity index (χ1) is 12.6. The molecule has 2 rings (SSSR count). The molecule has 0 atom stereocenters. The number of ether oxygens (including phenoxy) is 2.